The van der Waals surface area contributed by atoms with E-state index in [1.165, 1.54) is 77.2 Å². The molecule has 0 aromatic heterocycles. The van der Waals surface area contributed by atoms with Gasteiger partial charge in [-0.15, -0.1) is 0 Å². The molecule has 1 heteroatoms. The van der Waals surface area contributed by atoms with Crippen LogP contribution in [-0.2, 0) is 5.41 Å². The Morgan fingerprint density at radius 1 is 0.293 bits per heavy atom. The Bertz CT molecular complexity index is 3040. The maximum absolute atomic E-state index is 2.47. The van der Waals surface area contributed by atoms with Gasteiger partial charge in [-0.2, -0.15) is 0 Å². The number of hydrogen-bond donors (Lipinski definition) is 0. The molecule has 1 aliphatic rings. The van der Waals surface area contributed by atoms with E-state index >= 15 is 0 Å². The van der Waals surface area contributed by atoms with Crippen LogP contribution in [0.3, 0.4) is 0 Å². The third kappa shape index (κ3) is 5.39. The lowest BCUT2D eigenvalue weighted by Gasteiger charge is -2.35. The van der Waals surface area contributed by atoms with Gasteiger partial charge in [0.15, 0.2) is 0 Å². The fraction of sp³-hybridized carbons (Fsp3) is 0.0175. The lowest BCUT2D eigenvalue weighted by Crippen LogP contribution is -2.29. The summed E-state index contributed by atoms with van der Waals surface area (Å²) in [5, 5.41) is 4.97. The summed E-state index contributed by atoms with van der Waals surface area (Å²) < 4.78 is 0. The second-order valence-corrected chi connectivity index (χ2v) is 15.2. The van der Waals surface area contributed by atoms with Crippen LogP contribution in [0, 0.1) is 0 Å². The monoisotopic (exact) mass is 737 g/mol. The molecule has 0 N–H and O–H groups in total. The van der Waals surface area contributed by atoms with E-state index in [0.29, 0.717) is 0 Å². The van der Waals surface area contributed by atoms with Crippen molar-refractivity contribution < 1.29 is 0 Å². The summed E-state index contributed by atoms with van der Waals surface area (Å²) in [6.07, 6.45) is 0. The van der Waals surface area contributed by atoms with Crippen molar-refractivity contribution in [2.45, 2.75) is 5.41 Å². The normalized spacial score (nSPS) is 12.6. The van der Waals surface area contributed by atoms with Crippen molar-refractivity contribution in [3.63, 3.8) is 0 Å². The molecule has 0 fully saturated rings. The number of benzene rings is 10. The van der Waals surface area contributed by atoms with Crippen LogP contribution < -0.4 is 4.90 Å². The van der Waals surface area contributed by atoms with Crippen molar-refractivity contribution in [3.05, 3.63) is 259 Å². The van der Waals surface area contributed by atoms with Crippen LogP contribution in [-0.4, -0.2) is 0 Å². The van der Waals surface area contributed by atoms with E-state index in [1.54, 1.807) is 0 Å². The fourth-order valence-electron chi connectivity index (χ4n) is 9.54. The average Bonchev–Trinajstić information content (AvgIpc) is 3.61. The van der Waals surface area contributed by atoms with Crippen LogP contribution in [0.15, 0.2) is 237 Å². The highest BCUT2D eigenvalue weighted by atomic mass is 15.1. The van der Waals surface area contributed by atoms with Gasteiger partial charge in [-0.1, -0.05) is 194 Å². The molecule has 0 aliphatic heterocycles. The van der Waals surface area contributed by atoms with Crippen LogP contribution in [0.1, 0.15) is 22.3 Å². The Morgan fingerprint density at radius 2 is 0.793 bits per heavy atom. The summed E-state index contributed by atoms with van der Waals surface area (Å²) in [4.78, 5) is 2.42. The molecule has 1 aliphatic carbocycles. The molecule has 0 unspecified atom stereocenters. The van der Waals surface area contributed by atoms with Crippen LogP contribution in [0.25, 0.3) is 54.9 Å². The molecule has 272 valence electrons. The van der Waals surface area contributed by atoms with E-state index < -0.39 is 5.41 Å². The maximum Gasteiger partial charge on any atom is 0.0719 e. The quantitative estimate of drug-likeness (QED) is 0.157. The minimum Gasteiger partial charge on any atom is -0.310 e. The van der Waals surface area contributed by atoms with Crippen molar-refractivity contribution >= 4 is 38.6 Å². The molecule has 0 radical (unpaired) electrons. The van der Waals surface area contributed by atoms with E-state index in [1.807, 2.05) is 0 Å². The van der Waals surface area contributed by atoms with Gasteiger partial charge in [0.1, 0.15) is 0 Å². The molecule has 0 saturated heterocycles. The van der Waals surface area contributed by atoms with Crippen molar-refractivity contribution in [2.24, 2.45) is 0 Å². The summed E-state index contributed by atoms with van der Waals surface area (Å²) in [6, 6.07) is 86.9. The van der Waals surface area contributed by atoms with Crippen molar-refractivity contribution in [3.8, 4) is 33.4 Å². The lowest BCUT2D eigenvalue weighted by atomic mass is 9.66. The zero-order chi connectivity index (χ0) is 38.5. The van der Waals surface area contributed by atoms with Crippen LogP contribution in [0.5, 0.6) is 0 Å². The Labute approximate surface area is 339 Å². The van der Waals surface area contributed by atoms with Crippen molar-refractivity contribution in [1.82, 2.24) is 0 Å². The van der Waals surface area contributed by atoms with Gasteiger partial charge in [-0.05, 0) is 120 Å². The topological polar surface area (TPSA) is 3.24 Å². The molecule has 0 heterocycles. The van der Waals surface area contributed by atoms with Gasteiger partial charge < -0.3 is 4.90 Å². The lowest BCUT2D eigenvalue weighted by molar-refractivity contribution is 0.775. The first-order chi connectivity index (χ1) is 28.8. The molecule has 0 saturated carbocycles. The van der Waals surface area contributed by atoms with E-state index in [-0.39, 0.29) is 0 Å². The highest BCUT2D eigenvalue weighted by Gasteiger charge is 2.47. The standard InChI is InChI=1S/C57H39N/c1-5-17-40(18-6-1)42-29-32-47(33-30-42)58(48-34-31-41-19-13-14-22-44(41)37-48)49-35-36-55-53(38-49)54-39-52(43-20-7-2-8-21-43)50-27-15-16-28-51(50)56(54)57(55,45-23-9-3-10-24-45)46-25-11-4-12-26-46/h1-39H. The van der Waals surface area contributed by atoms with Crippen LogP contribution >= 0.6 is 0 Å². The van der Waals surface area contributed by atoms with E-state index in [9.17, 15) is 0 Å². The molecule has 0 bridgehead atoms. The van der Waals surface area contributed by atoms with Gasteiger partial charge in [-0.3, -0.25) is 0 Å². The first kappa shape index (κ1) is 33.8. The number of nitrogens with zero attached hydrogens (tertiary/aromatic N) is 1. The highest BCUT2D eigenvalue weighted by Crippen LogP contribution is 2.60. The van der Waals surface area contributed by atoms with Gasteiger partial charge in [0.2, 0.25) is 0 Å². The Balaban J connectivity index is 1.21. The van der Waals surface area contributed by atoms with E-state index in [4.69, 9.17) is 0 Å². The molecular weight excluding hydrogens is 699 g/mol. The first-order valence-electron chi connectivity index (χ1n) is 20.1. The summed E-state index contributed by atoms with van der Waals surface area (Å²) in [5.41, 5.74) is 15.3. The predicted octanol–water partition coefficient (Wildman–Crippen LogP) is 15.2. The van der Waals surface area contributed by atoms with Crippen LogP contribution in [0.2, 0.25) is 0 Å². The molecule has 10 aromatic rings. The summed E-state index contributed by atoms with van der Waals surface area (Å²) in [6.45, 7) is 0. The predicted molar refractivity (Wildman–Crippen MR) is 244 cm³/mol. The van der Waals surface area contributed by atoms with Gasteiger partial charge in [0.05, 0.1) is 5.41 Å². The fourth-order valence-corrected chi connectivity index (χ4v) is 9.54. The molecular formula is C57H39N. The SMILES string of the molecule is c1ccc(-c2ccc(N(c3ccc4c(c3)-c3cc(-c5ccccc5)c5ccccc5c3C4(c3ccccc3)c3ccccc3)c3ccc4ccccc4c3)cc2)cc1. The third-order valence-electron chi connectivity index (χ3n) is 12.1. The van der Waals surface area contributed by atoms with Crippen molar-refractivity contribution in [2.75, 3.05) is 4.90 Å². The number of hydrogen-bond acceptors (Lipinski definition) is 1. The number of anilines is 3. The molecule has 0 atom stereocenters. The van der Waals surface area contributed by atoms with Crippen LogP contribution in [0.4, 0.5) is 17.1 Å². The Morgan fingerprint density at radius 3 is 1.47 bits per heavy atom. The van der Waals surface area contributed by atoms with E-state index in [2.05, 4.69) is 241 Å². The summed E-state index contributed by atoms with van der Waals surface area (Å²) in [7, 11) is 0. The zero-order valence-corrected chi connectivity index (χ0v) is 32.0. The van der Waals surface area contributed by atoms with Gasteiger partial charge in [-0.25, -0.2) is 0 Å². The largest absolute Gasteiger partial charge is 0.310 e. The minimum atomic E-state index is -0.550. The zero-order valence-electron chi connectivity index (χ0n) is 32.0. The van der Waals surface area contributed by atoms with Gasteiger partial charge >= 0.3 is 0 Å². The molecule has 0 spiro atoms. The van der Waals surface area contributed by atoms with Crippen molar-refractivity contribution in [1.29, 1.82) is 0 Å². The molecule has 1 nitrogen and oxygen atoms in total. The third-order valence-corrected chi connectivity index (χ3v) is 12.1. The number of fused-ring (bicyclic) bond motifs is 6. The second kappa shape index (κ2) is 13.9. The second-order valence-electron chi connectivity index (χ2n) is 15.2. The molecule has 58 heavy (non-hydrogen) atoms. The van der Waals surface area contributed by atoms with Gasteiger partial charge in [0.25, 0.3) is 0 Å². The summed E-state index contributed by atoms with van der Waals surface area (Å²) in [5.74, 6) is 0. The Kier molecular flexibility index (Phi) is 8.12. The smallest absolute Gasteiger partial charge is 0.0719 e. The van der Waals surface area contributed by atoms with Gasteiger partial charge in [0, 0.05) is 17.1 Å². The Hall–Kier alpha value is -7.48. The number of rotatable bonds is 7. The highest BCUT2D eigenvalue weighted by molar-refractivity contribution is 6.08. The molecule has 0 amide bonds. The maximum atomic E-state index is 2.47. The summed E-state index contributed by atoms with van der Waals surface area (Å²) >= 11 is 0. The molecule has 11 rings (SSSR count). The average molecular weight is 738 g/mol. The minimum absolute atomic E-state index is 0.550. The first-order valence-corrected chi connectivity index (χ1v) is 20.1. The molecule has 10 aromatic carbocycles. The van der Waals surface area contributed by atoms with E-state index in [0.717, 1.165) is 17.1 Å².